The van der Waals surface area contributed by atoms with E-state index < -0.39 is 22.5 Å². The zero-order valence-electron chi connectivity index (χ0n) is 16.3. The first-order chi connectivity index (χ1) is 14.8. The summed E-state index contributed by atoms with van der Waals surface area (Å²) in [6.07, 6.45) is 6.11. The Morgan fingerprint density at radius 1 is 1.19 bits per heavy atom. The fourth-order valence-corrected chi connectivity index (χ4v) is 4.98. The maximum atomic E-state index is 13.3. The molecule has 9 nitrogen and oxygen atoms in total. The number of amides is 1. The Hall–Kier alpha value is -3.41. The summed E-state index contributed by atoms with van der Waals surface area (Å²) in [4.78, 5) is 12.4. The molecule has 0 bridgehead atoms. The molecule has 0 spiro atoms. The number of sulfonamides is 1. The van der Waals surface area contributed by atoms with Gasteiger partial charge >= 0.3 is 0 Å². The van der Waals surface area contributed by atoms with Crippen LogP contribution >= 0.6 is 11.3 Å². The average molecular weight is 462 g/mol. The van der Waals surface area contributed by atoms with Crippen LogP contribution < -0.4 is 19.3 Å². The van der Waals surface area contributed by atoms with Crippen molar-refractivity contribution >= 4 is 45.1 Å². The number of rotatable bonds is 8. The number of nitrogens with one attached hydrogen (secondary N) is 1. The minimum atomic E-state index is -4.13. The van der Waals surface area contributed by atoms with E-state index in [2.05, 4.69) is 0 Å². The van der Waals surface area contributed by atoms with Gasteiger partial charge in [0.1, 0.15) is 12.3 Å². The van der Waals surface area contributed by atoms with Crippen LogP contribution in [0.4, 0.5) is 5.69 Å². The van der Waals surface area contributed by atoms with Crippen molar-refractivity contribution in [2.24, 2.45) is 0 Å². The zero-order valence-corrected chi connectivity index (χ0v) is 18.0. The van der Waals surface area contributed by atoms with Crippen LogP contribution in [0.1, 0.15) is 10.4 Å². The van der Waals surface area contributed by atoms with Crippen molar-refractivity contribution in [3.05, 3.63) is 75.9 Å². The predicted octanol–water partition coefficient (Wildman–Crippen LogP) is 2.26. The summed E-state index contributed by atoms with van der Waals surface area (Å²) >= 11 is 1.28. The van der Waals surface area contributed by atoms with E-state index >= 15 is 0 Å². The molecule has 0 unspecified atom stereocenters. The van der Waals surface area contributed by atoms with Gasteiger partial charge in [0, 0.05) is 12.1 Å². The third-order valence-electron chi connectivity index (χ3n) is 4.26. The van der Waals surface area contributed by atoms with Crippen molar-refractivity contribution in [1.82, 2.24) is 5.48 Å². The summed E-state index contributed by atoms with van der Waals surface area (Å²) in [5, 5.41) is 21.8. The van der Waals surface area contributed by atoms with Gasteiger partial charge in [0.25, 0.3) is 15.9 Å². The lowest BCUT2D eigenvalue weighted by atomic mass is 10.2. The van der Waals surface area contributed by atoms with Gasteiger partial charge in [0.15, 0.2) is 12.4 Å². The summed E-state index contributed by atoms with van der Waals surface area (Å²) in [5.74, 6) is -0.402. The number of carbonyl (C=O) groups is 1. The molecule has 162 valence electrons. The summed E-state index contributed by atoms with van der Waals surface area (Å²) in [6, 6.07) is 10.6. The van der Waals surface area contributed by atoms with Gasteiger partial charge in [0.05, 0.1) is 22.6 Å². The second-order valence-corrected chi connectivity index (χ2v) is 9.03. The average Bonchev–Trinajstić information content (AvgIpc) is 3.24. The van der Waals surface area contributed by atoms with Crippen molar-refractivity contribution in [2.75, 3.05) is 18.0 Å². The molecule has 0 aliphatic carbocycles. The Morgan fingerprint density at radius 3 is 2.48 bits per heavy atom. The number of anilines is 1. The predicted molar refractivity (Wildman–Crippen MR) is 116 cm³/mol. The van der Waals surface area contributed by atoms with Crippen LogP contribution in [0.25, 0.3) is 12.2 Å². The molecule has 0 saturated heterocycles. The molecule has 1 aromatic carbocycles. The number of ether oxygens (including phenoxy) is 1. The third-order valence-corrected chi connectivity index (χ3v) is 6.90. The maximum absolute atomic E-state index is 13.3. The summed E-state index contributed by atoms with van der Waals surface area (Å²) in [6.45, 7) is -0.621. The molecule has 31 heavy (non-hydrogen) atoms. The molecular formula is C20H19N3O6S2. The topological polar surface area (TPSA) is 123 Å². The highest BCUT2D eigenvalue weighted by Crippen LogP contribution is 2.32. The number of pyridine rings is 1. The van der Waals surface area contributed by atoms with Crippen molar-refractivity contribution in [1.29, 1.82) is 0 Å². The van der Waals surface area contributed by atoms with Gasteiger partial charge in [-0.2, -0.15) is 4.73 Å². The monoisotopic (exact) mass is 461 g/mol. The zero-order chi connectivity index (χ0) is 22.4. The van der Waals surface area contributed by atoms with Crippen LogP contribution in [-0.2, 0) is 14.8 Å². The number of aromatic nitrogens is 1. The lowest BCUT2D eigenvalue weighted by Gasteiger charge is -2.23. The van der Waals surface area contributed by atoms with E-state index in [1.165, 1.54) is 60.6 Å². The number of carbonyl (C=O) groups excluding carboxylic acids is 1. The molecular weight excluding hydrogens is 442 g/mol. The third kappa shape index (κ3) is 5.20. The number of hydrogen-bond donors (Lipinski definition) is 2. The van der Waals surface area contributed by atoms with Crippen LogP contribution in [0.5, 0.6) is 5.75 Å². The quantitative estimate of drug-likeness (QED) is 0.230. The number of hydroxylamine groups is 1. The summed E-state index contributed by atoms with van der Waals surface area (Å²) < 4.78 is 33.3. The van der Waals surface area contributed by atoms with Gasteiger partial charge in [-0.15, -0.1) is 11.3 Å². The molecule has 2 aromatic heterocycles. The van der Waals surface area contributed by atoms with E-state index in [4.69, 9.17) is 9.94 Å². The normalized spacial score (nSPS) is 11.4. The second-order valence-electron chi connectivity index (χ2n) is 6.22. The Labute approximate surface area is 183 Å². The number of thiophene rings is 1. The van der Waals surface area contributed by atoms with E-state index in [1.54, 1.807) is 35.7 Å². The fourth-order valence-electron chi connectivity index (χ4n) is 2.69. The van der Waals surface area contributed by atoms with Gasteiger partial charge < -0.3 is 9.94 Å². The van der Waals surface area contributed by atoms with Gasteiger partial charge in [-0.25, -0.2) is 13.9 Å². The lowest BCUT2D eigenvalue weighted by Crippen LogP contribution is -2.40. The first-order valence-corrected chi connectivity index (χ1v) is 11.2. The van der Waals surface area contributed by atoms with E-state index in [-0.39, 0.29) is 10.6 Å². The second kappa shape index (κ2) is 9.60. The molecule has 0 saturated carbocycles. The molecule has 0 aliphatic heterocycles. The molecule has 3 rings (SSSR count). The van der Waals surface area contributed by atoms with Gasteiger partial charge in [-0.3, -0.25) is 14.3 Å². The largest absolute Gasteiger partial charge is 0.619 e. The van der Waals surface area contributed by atoms with Gasteiger partial charge in [0.2, 0.25) is 0 Å². The summed E-state index contributed by atoms with van der Waals surface area (Å²) in [7, 11) is -2.66. The van der Waals surface area contributed by atoms with E-state index in [9.17, 15) is 18.4 Å². The van der Waals surface area contributed by atoms with E-state index in [1.807, 2.05) is 0 Å². The maximum Gasteiger partial charge on any atom is 0.264 e. The van der Waals surface area contributed by atoms with Crippen LogP contribution in [0, 0.1) is 5.21 Å². The SMILES string of the molecule is COc1ccc(S(=O)(=O)N(CC(=O)NO)c2ccsc2/C=C/c2cc[n+]([O-])cc2)cc1. The highest BCUT2D eigenvalue weighted by Gasteiger charge is 2.29. The summed E-state index contributed by atoms with van der Waals surface area (Å²) in [5.41, 5.74) is 2.48. The van der Waals surface area contributed by atoms with Crippen molar-refractivity contribution < 1.29 is 27.9 Å². The number of nitrogens with zero attached hydrogens (tertiary/aromatic N) is 2. The van der Waals surface area contributed by atoms with Crippen molar-refractivity contribution in [3.63, 3.8) is 0 Å². The van der Waals surface area contributed by atoms with E-state index in [0.29, 0.717) is 15.4 Å². The molecule has 2 N–H and O–H groups in total. The van der Waals surface area contributed by atoms with E-state index in [0.717, 1.165) is 9.87 Å². The van der Waals surface area contributed by atoms with Crippen molar-refractivity contribution in [2.45, 2.75) is 4.90 Å². The van der Waals surface area contributed by atoms with Crippen LogP contribution in [-0.4, -0.2) is 33.2 Å². The van der Waals surface area contributed by atoms with Crippen LogP contribution in [0.15, 0.2) is 65.1 Å². The minimum Gasteiger partial charge on any atom is -0.619 e. The highest BCUT2D eigenvalue weighted by atomic mass is 32.2. The molecule has 0 aliphatic rings. The molecule has 0 fully saturated rings. The Kier molecular flexibility index (Phi) is 6.90. The first kappa shape index (κ1) is 22.3. The highest BCUT2D eigenvalue weighted by molar-refractivity contribution is 7.92. The molecule has 2 heterocycles. The first-order valence-electron chi connectivity index (χ1n) is 8.89. The molecule has 1 amide bonds. The number of benzene rings is 1. The standard InChI is InChI=1S/C20H19N3O6S2/c1-29-16-3-5-17(6-4-16)31(27,28)23(14-20(24)21-25)18-10-13-30-19(18)7-2-15-8-11-22(26)12-9-15/h2-13,25H,14H2,1H3,(H,21,24)/b7-2+. The molecule has 0 atom stereocenters. The number of methoxy groups -OCH3 is 1. The van der Waals surface area contributed by atoms with Crippen molar-refractivity contribution in [3.8, 4) is 5.75 Å². The molecule has 0 radical (unpaired) electrons. The lowest BCUT2D eigenvalue weighted by molar-refractivity contribution is -0.605. The minimum absolute atomic E-state index is 0.0387. The number of hydrogen-bond acceptors (Lipinski definition) is 7. The smallest absolute Gasteiger partial charge is 0.264 e. The Balaban J connectivity index is 2.00. The fraction of sp³-hybridized carbons (Fsp3) is 0.100. The molecule has 11 heteroatoms. The van der Waals surface area contributed by atoms with Gasteiger partial charge in [-0.05, 0) is 47.4 Å². The van der Waals surface area contributed by atoms with Crippen LogP contribution in [0.2, 0.25) is 0 Å². The van der Waals surface area contributed by atoms with Gasteiger partial charge in [-0.1, -0.05) is 6.08 Å². The Bertz CT molecular complexity index is 1170. The molecule has 3 aromatic rings. The Morgan fingerprint density at radius 2 is 1.87 bits per heavy atom. The van der Waals surface area contributed by atoms with Crippen LogP contribution in [0.3, 0.4) is 0 Å².